The first-order valence-electron chi connectivity index (χ1n) is 8.74. The molecule has 0 bridgehead atoms. The van der Waals surface area contributed by atoms with Gasteiger partial charge in [0.15, 0.2) is 0 Å². The first kappa shape index (κ1) is 18.2. The Morgan fingerprint density at radius 3 is 2.23 bits per heavy atom. The molecular formula is C20H25N2O4+. The number of hydrogen-bond acceptors (Lipinski definition) is 4. The average molecular weight is 357 g/mol. The topological polar surface area (TPSA) is 61.2 Å². The summed E-state index contributed by atoms with van der Waals surface area (Å²) in [6, 6.07) is 13.2. The molecule has 3 rings (SSSR count). The molecule has 0 aliphatic carbocycles. The van der Waals surface area contributed by atoms with Crippen LogP contribution in [0.4, 0.5) is 5.69 Å². The van der Waals surface area contributed by atoms with Gasteiger partial charge >= 0.3 is 0 Å². The second kappa shape index (κ2) is 8.69. The van der Waals surface area contributed by atoms with Crippen molar-refractivity contribution in [2.75, 3.05) is 45.8 Å². The van der Waals surface area contributed by atoms with Gasteiger partial charge < -0.3 is 24.4 Å². The zero-order valence-electron chi connectivity index (χ0n) is 15.2. The highest BCUT2D eigenvalue weighted by atomic mass is 16.5. The number of amides is 1. The SMILES string of the molecule is COc1cccc(OC)c1C(=O)Nc1ccc(C[NH+]2CCOCC2)cc1. The fourth-order valence-electron chi connectivity index (χ4n) is 3.10. The number of methoxy groups -OCH3 is 2. The highest BCUT2D eigenvalue weighted by Crippen LogP contribution is 2.29. The normalized spacial score (nSPS) is 14.7. The Balaban J connectivity index is 1.68. The Morgan fingerprint density at radius 2 is 1.65 bits per heavy atom. The van der Waals surface area contributed by atoms with Crippen molar-refractivity contribution in [3.63, 3.8) is 0 Å². The Morgan fingerprint density at radius 1 is 1.04 bits per heavy atom. The third-order valence-electron chi connectivity index (χ3n) is 4.52. The highest BCUT2D eigenvalue weighted by molar-refractivity contribution is 6.08. The average Bonchev–Trinajstić information content (AvgIpc) is 2.69. The van der Waals surface area contributed by atoms with E-state index < -0.39 is 0 Å². The molecule has 26 heavy (non-hydrogen) atoms. The molecular weight excluding hydrogens is 332 g/mol. The number of ether oxygens (including phenoxy) is 3. The van der Waals surface area contributed by atoms with Crippen molar-refractivity contribution in [1.29, 1.82) is 0 Å². The zero-order valence-corrected chi connectivity index (χ0v) is 15.2. The molecule has 2 aromatic rings. The largest absolute Gasteiger partial charge is 0.496 e. The van der Waals surface area contributed by atoms with E-state index in [0.717, 1.165) is 38.5 Å². The van der Waals surface area contributed by atoms with Crippen LogP contribution in [-0.4, -0.2) is 46.4 Å². The standard InChI is InChI=1S/C20H24N2O4/c1-24-17-4-3-5-18(25-2)19(17)20(23)21-16-8-6-15(7-9-16)14-22-10-12-26-13-11-22/h3-9H,10-14H2,1-2H3,(H,21,23)/p+1. The van der Waals surface area contributed by atoms with E-state index in [-0.39, 0.29) is 5.91 Å². The minimum Gasteiger partial charge on any atom is -0.496 e. The molecule has 0 unspecified atom stereocenters. The molecule has 2 aromatic carbocycles. The maximum atomic E-state index is 12.7. The van der Waals surface area contributed by atoms with Crippen LogP contribution in [0.2, 0.25) is 0 Å². The third kappa shape index (κ3) is 4.33. The van der Waals surface area contributed by atoms with Crippen LogP contribution in [0, 0.1) is 0 Å². The van der Waals surface area contributed by atoms with Crippen LogP contribution in [0.5, 0.6) is 11.5 Å². The third-order valence-corrected chi connectivity index (χ3v) is 4.52. The zero-order chi connectivity index (χ0) is 18.4. The molecule has 0 radical (unpaired) electrons. The minimum atomic E-state index is -0.258. The predicted molar refractivity (Wildman–Crippen MR) is 99.2 cm³/mol. The predicted octanol–water partition coefficient (Wildman–Crippen LogP) is 1.37. The van der Waals surface area contributed by atoms with Crippen molar-refractivity contribution in [1.82, 2.24) is 0 Å². The second-order valence-electron chi connectivity index (χ2n) is 6.23. The van der Waals surface area contributed by atoms with E-state index in [2.05, 4.69) is 17.4 Å². The molecule has 1 aliphatic rings. The number of carbonyl (C=O) groups excluding carboxylic acids is 1. The van der Waals surface area contributed by atoms with Crippen molar-refractivity contribution in [3.05, 3.63) is 53.6 Å². The van der Waals surface area contributed by atoms with E-state index in [9.17, 15) is 4.79 Å². The molecule has 0 saturated carbocycles. The first-order chi connectivity index (χ1) is 12.7. The van der Waals surface area contributed by atoms with E-state index in [1.165, 1.54) is 24.7 Å². The lowest BCUT2D eigenvalue weighted by atomic mass is 10.1. The summed E-state index contributed by atoms with van der Waals surface area (Å²) in [4.78, 5) is 14.2. The van der Waals surface area contributed by atoms with Crippen molar-refractivity contribution in [3.8, 4) is 11.5 Å². The van der Waals surface area contributed by atoms with Crippen LogP contribution in [0.25, 0.3) is 0 Å². The monoisotopic (exact) mass is 357 g/mol. The van der Waals surface area contributed by atoms with Gasteiger partial charge in [-0.25, -0.2) is 0 Å². The highest BCUT2D eigenvalue weighted by Gasteiger charge is 2.18. The van der Waals surface area contributed by atoms with Crippen LogP contribution in [0.15, 0.2) is 42.5 Å². The van der Waals surface area contributed by atoms with Crippen molar-refractivity contribution in [2.24, 2.45) is 0 Å². The van der Waals surface area contributed by atoms with Crippen LogP contribution >= 0.6 is 0 Å². The summed E-state index contributed by atoms with van der Waals surface area (Å²) in [5.74, 6) is 0.703. The van der Waals surface area contributed by atoms with Crippen LogP contribution in [-0.2, 0) is 11.3 Å². The fourth-order valence-corrected chi connectivity index (χ4v) is 3.10. The van der Waals surface area contributed by atoms with Gasteiger partial charge in [-0.3, -0.25) is 4.79 Å². The Bertz CT molecular complexity index is 718. The maximum Gasteiger partial charge on any atom is 0.263 e. The molecule has 0 spiro atoms. The van der Waals surface area contributed by atoms with E-state index in [0.29, 0.717) is 17.1 Å². The van der Waals surface area contributed by atoms with Crippen LogP contribution in [0.1, 0.15) is 15.9 Å². The minimum absolute atomic E-state index is 0.258. The molecule has 138 valence electrons. The van der Waals surface area contributed by atoms with E-state index in [1.807, 2.05) is 12.1 Å². The smallest absolute Gasteiger partial charge is 0.263 e. The lowest BCUT2D eigenvalue weighted by molar-refractivity contribution is -0.921. The van der Waals surface area contributed by atoms with Gasteiger partial charge in [0.05, 0.1) is 27.4 Å². The van der Waals surface area contributed by atoms with Gasteiger partial charge in [-0.15, -0.1) is 0 Å². The Kier molecular flexibility index (Phi) is 6.09. The molecule has 2 N–H and O–H groups in total. The number of morpholine rings is 1. The van der Waals surface area contributed by atoms with Gasteiger partial charge in [-0.05, 0) is 24.3 Å². The number of carbonyl (C=O) groups is 1. The molecule has 0 atom stereocenters. The second-order valence-corrected chi connectivity index (χ2v) is 6.23. The summed E-state index contributed by atoms with van der Waals surface area (Å²) in [5, 5.41) is 2.91. The van der Waals surface area contributed by atoms with Gasteiger partial charge in [-0.1, -0.05) is 18.2 Å². The molecule has 1 saturated heterocycles. The molecule has 6 heteroatoms. The van der Waals surface area contributed by atoms with E-state index in [4.69, 9.17) is 14.2 Å². The molecule has 0 aromatic heterocycles. The van der Waals surface area contributed by atoms with E-state index in [1.54, 1.807) is 18.2 Å². The van der Waals surface area contributed by atoms with Gasteiger partial charge in [-0.2, -0.15) is 0 Å². The van der Waals surface area contributed by atoms with Crippen molar-refractivity contribution < 1.29 is 23.9 Å². The maximum absolute atomic E-state index is 12.7. The summed E-state index contributed by atoms with van der Waals surface area (Å²) < 4.78 is 16.0. The number of hydrogen-bond donors (Lipinski definition) is 2. The molecule has 1 heterocycles. The molecule has 1 fully saturated rings. The first-order valence-corrected chi connectivity index (χ1v) is 8.74. The molecule has 6 nitrogen and oxygen atoms in total. The van der Waals surface area contributed by atoms with Gasteiger partial charge in [0, 0.05) is 11.3 Å². The Hall–Kier alpha value is -2.57. The summed E-state index contributed by atoms with van der Waals surface area (Å²) in [7, 11) is 3.07. The van der Waals surface area contributed by atoms with E-state index >= 15 is 0 Å². The Labute approximate surface area is 153 Å². The summed E-state index contributed by atoms with van der Waals surface area (Å²) in [6.07, 6.45) is 0. The summed E-state index contributed by atoms with van der Waals surface area (Å²) in [5.41, 5.74) is 2.37. The van der Waals surface area contributed by atoms with Gasteiger partial charge in [0.1, 0.15) is 36.7 Å². The van der Waals surface area contributed by atoms with Crippen LogP contribution < -0.4 is 19.7 Å². The molecule has 1 amide bonds. The van der Waals surface area contributed by atoms with Crippen LogP contribution in [0.3, 0.4) is 0 Å². The van der Waals surface area contributed by atoms with Crippen molar-refractivity contribution >= 4 is 11.6 Å². The fraction of sp³-hybridized carbons (Fsp3) is 0.350. The lowest BCUT2D eigenvalue weighted by Gasteiger charge is -2.23. The number of anilines is 1. The number of quaternary nitrogens is 1. The summed E-state index contributed by atoms with van der Waals surface area (Å²) in [6.45, 7) is 4.69. The lowest BCUT2D eigenvalue weighted by Crippen LogP contribution is -3.12. The molecule has 1 aliphatic heterocycles. The summed E-state index contributed by atoms with van der Waals surface area (Å²) >= 11 is 0. The number of rotatable bonds is 6. The number of nitrogens with one attached hydrogen (secondary N) is 2. The quantitative estimate of drug-likeness (QED) is 0.820. The van der Waals surface area contributed by atoms with Gasteiger partial charge in [0.2, 0.25) is 0 Å². The number of benzene rings is 2. The van der Waals surface area contributed by atoms with Crippen molar-refractivity contribution in [2.45, 2.75) is 6.54 Å². The van der Waals surface area contributed by atoms with Gasteiger partial charge in [0.25, 0.3) is 5.91 Å².